The zero-order valence-electron chi connectivity index (χ0n) is 18.8. The van der Waals surface area contributed by atoms with Gasteiger partial charge in [-0.25, -0.2) is 4.79 Å². The molecule has 0 aliphatic carbocycles. The summed E-state index contributed by atoms with van der Waals surface area (Å²) in [6.45, 7) is 10.2. The summed E-state index contributed by atoms with van der Waals surface area (Å²) >= 11 is 0. The van der Waals surface area contributed by atoms with E-state index in [0.29, 0.717) is 25.2 Å². The number of fused-ring (bicyclic) bond motifs is 1. The molecule has 1 aromatic heterocycles. The van der Waals surface area contributed by atoms with Gasteiger partial charge in [0.05, 0.1) is 5.56 Å². The van der Waals surface area contributed by atoms with Gasteiger partial charge in [0.2, 0.25) is 0 Å². The number of carbonyl (C=O) groups is 2. The van der Waals surface area contributed by atoms with Crippen LogP contribution in [0.2, 0.25) is 0 Å². The lowest BCUT2D eigenvalue weighted by molar-refractivity contribution is -0.144. The van der Waals surface area contributed by atoms with Gasteiger partial charge in [0, 0.05) is 61.9 Å². The van der Waals surface area contributed by atoms with E-state index in [2.05, 4.69) is 11.5 Å². The van der Waals surface area contributed by atoms with E-state index in [4.69, 9.17) is 0 Å². The van der Waals surface area contributed by atoms with Gasteiger partial charge in [-0.3, -0.25) is 14.6 Å². The highest BCUT2D eigenvalue weighted by Crippen LogP contribution is 2.32. The molecule has 0 spiro atoms. The fraction of sp³-hybridized carbons (Fsp3) is 0.308. The SMILES string of the molecule is C=C(C)CN1CCN([C@@H](C(=O)O)c2cn(Cc3ccccc3)c3cc(C(=O)O)ccc23)CC1. The van der Waals surface area contributed by atoms with Crippen molar-refractivity contribution in [2.75, 3.05) is 32.7 Å². The van der Waals surface area contributed by atoms with Gasteiger partial charge in [-0.05, 0) is 24.6 Å². The highest BCUT2D eigenvalue weighted by molar-refractivity contribution is 5.96. The standard InChI is InChI=1S/C26H29N3O4/c1-18(2)15-27-10-12-28(13-11-27)24(26(32)33)22-17-29(16-19-6-4-3-5-7-19)23-14-20(25(30)31)8-9-21(22)23/h3-9,14,17,24H,1,10-13,15-16H2,2H3,(H,30,31)(H,32,33)/t24-/m1/s1. The van der Waals surface area contributed by atoms with Gasteiger partial charge in [0.25, 0.3) is 0 Å². The minimum atomic E-state index is -1.01. The lowest BCUT2D eigenvalue weighted by atomic mass is 10.0. The van der Waals surface area contributed by atoms with Crippen molar-refractivity contribution >= 4 is 22.8 Å². The van der Waals surface area contributed by atoms with Crippen LogP contribution in [-0.4, -0.2) is 69.2 Å². The molecule has 172 valence electrons. The van der Waals surface area contributed by atoms with Crippen molar-refractivity contribution in [3.05, 3.63) is 83.6 Å². The second kappa shape index (κ2) is 9.60. The molecule has 7 nitrogen and oxygen atoms in total. The maximum atomic E-state index is 12.5. The summed E-state index contributed by atoms with van der Waals surface area (Å²) in [5.74, 6) is -1.90. The number of benzene rings is 2. The predicted molar refractivity (Wildman–Crippen MR) is 128 cm³/mol. The maximum absolute atomic E-state index is 12.5. The third-order valence-corrected chi connectivity index (χ3v) is 6.15. The summed E-state index contributed by atoms with van der Waals surface area (Å²) in [7, 11) is 0. The molecule has 7 heteroatoms. The first kappa shape index (κ1) is 22.8. The molecule has 1 aliphatic rings. The lowest BCUT2D eigenvalue weighted by Gasteiger charge is -2.37. The molecule has 0 saturated carbocycles. The van der Waals surface area contributed by atoms with Gasteiger partial charge in [-0.15, -0.1) is 0 Å². The van der Waals surface area contributed by atoms with E-state index in [9.17, 15) is 19.8 Å². The second-order valence-electron chi connectivity index (χ2n) is 8.75. The Bertz CT molecular complexity index is 1180. The topological polar surface area (TPSA) is 86.0 Å². The third-order valence-electron chi connectivity index (χ3n) is 6.15. The predicted octanol–water partition coefficient (Wildman–Crippen LogP) is 3.71. The quantitative estimate of drug-likeness (QED) is 0.512. The average molecular weight is 448 g/mol. The van der Waals surface area contributed by atoms with Gasteiger partial charge >= 0.3 is 11.9 Å². The highest BCUT2D eigenvalue weighted by atomic mass is 16.4. The largest absolute Gasteiger partial charge is 0.480 e. The van der Waals surface area contributed by atoms with E-state index < -0.39 is 18.0 Å². The molecule has 0 unspecified atom stereocenters. The minimum absolute atomic E-state index is 0.182. The van der Waals surface area contributed by atoms with Gasteiger partial charge in [-0.1, -0.05) is 48.6 Å². The minimum Gasteiger partial charge on any atom is -0.480 e. The highest BCUT2D eigenvalue weighted by Gasteiger charge is 2.33. The first-order valence-electron chi connectivity index (χ1n) is 11.1. The van der Waals surface area contributed by atoms with E-state index in [1.165, 1.54) is 0 Å². The van der Waals surface area contributed by atoms with Crippen molar-refractivity contribution in [3.8, 4) is 0 Å². The van der Waals surface area contributed by atoms with Crippen molar-refractivity contribution in [3.63, 3.8) is 0 Å². The summed E-state index contributed by atoms with van der Waals surface area (Å²) in [4.78, 5) is 28.4. The molecule has 2 aromatic carbocycles. The molecule has 2 heterocycles. The summed E-state index contributed by atoms with van der Waals surface area (Å²) < 4.78 is 1.96. The molecular weight excluding hydrogens is 418 g/mol. The summed E-state index contributed by atoms with van der Waals surface area (Å²) in [5, 5.41) is 20.5. The monoisotopic (exact) mass is 447 g/mol. The Morgan fingerprint density at radius 2 is 1.73 bits per heavy atom. The van der Waals surface area contributed by atoms with Crippen LogP contribution >= 0.6 is 0 Å². The van der Waals surface area contributed by atoms with E-state index in [-0.39, 0.29) is 5.56 Å². The van der Waals surface area contributed by atoms with E-state index >= 15 is 0 Å². The van der Waals surface area contributed by atoms with Crippen LogP contribution in [0, 0.1) is 0 Å². The van der Waals surface area contributed by atoms with E-state index in [0.717, 1.165) is 41.7 Å². The Balaban J connectivity index is 1.72. The number of rotatable bonds is 8. The first-order valence-corrected chi connectivity index (χ1v) is 11.1. The van der Waals surface area contributed by atoms with Crippen molar-refractivity contribution in [2.24, 2.45) is 0 Å². The number of piperazine rings is 1. The molecule has 1 aliphatic heterocycles. The van der Waals surface area contributed by atoms with Crippen molar-refractivity contribution in [1.29, 1.82) is 0 Å². The van der Waals surface area contributed by atoms with E-state index in [1.807, 2.05) is 52.9 Å². The first-order chi connectivity index (χ1) is 15.8. The molecule has 33 heavy (non-hydrogen) atoms. The molecule has 1 atom stereocenters. The molecule has 2 N–H and O–H groups in total. The maximum Gasteiger partial charge on any atom is 0.335 e. The summed E-state index contributed by atoms with van der Waals surface area (Å²) in [6, 6.07) is 14.0. The van der Waals surface area contributed by atoms with Gasteiger partial charge in [0.1, 0.15) is 6.04 Å². The number of hydrogen-bond donors (Lipinski definition) is 2. The number of aromatic carboxylic acids is 1. The van der Waals surface area contributed by atoms with Crippen molar-refractivity contribution in [2.45, 2.75) is 19.5 Å². The third kappa shape index (κ3) is 4.99. The van der Waals surface area contributed by atoms with Crippen molar-refractivity contribution in [1.82, 2.24) is 14.4 Å². The number of aromatic nitrogens is 1. The number of nitrogens with zero attached hydrogens (tertiary/aromatic N) is 3. The number of carboxylic acid groups (broad SMARTS) is 2. The Morgan fingerprint density at radius 1 is 1.03 bits per heavy atom. The van der Waals surface area contributed by atoms with Crippen LogP contribution in [0.25, 0.3) is 10.9 Å². The van der Waals surface area contributed by atoms with Gasteiger partial charge in [-0.2, -0.15) is 0 Å². The zero-order chi connectivity index (χ0) is 23.5. The molecule has 1 saturated heterocycles. The summed E-state index contributed by atoms with van der Waals surface area (Å²) in [6.07, 6.45) is 1.88. The fourth-order valence-electron chi connectivity index (χ4n) is 4.63. The summed E-state index contributed by atoms with van der Waals surface area (Å²) in [5.41, 5.74) is 3.75. The van der Waals surface area contributed by atoms with Crippen LogP contribution in [0.15, 0.2) is 66.9 Å². The Kier molecular flexibility index (Phi) is 6.62. The Hall–Kier alpha value is -3.42. The number of hydrogen-bond acceptors (Lipinski definition) is 4. The van der Waals surface area contributed by atoms with Crippen LogP contribution in [0.3, 0.4) is 0 Å². The molecule has 0 bridgehead atoms. The Labute approximate surface area is 193 Å². The Morgan fingerprint density at radius 3 is 2.33 bits per heavy atom. The number of carboxylic acids is 2. The average Bonchev–Trinajstić information content (AvgIpc) is 3.12. The normalized spacial score (nSPS) is 16.0. The molecule has 0 radical (unpaired) electrons. The van der Waals surface area contributed by atoms with Gasteiger partial charge < -0.3 is 14.8 Å². The lowest BCUT2D eigenvalue weighted by Crippen LogP contribution is -2.49. The van der Waals surface area contributed by atoms with Gasteiger partial charge in [0.15, 0.2) is 0 Å². The van der Waals surface area contributed by atoms with Crippen LogP contribution in [0.1, 0.15) is 34.5 Å². The zero-order valence-corrected chi connectivity index (χ0v) is 18.8. The molecular formula is C26H29N3O4. The van der Waals surface area contributed by atoms with Crippen LogP contribution < -0.4 is 0 Å². The molecule has 4 rings (SSSR count). The molecule has 3 aromatic rings. The second-order valence-corrected chi connectivity index (χ2v) is 8.75. The molecule has 1 fully saturated rings. The fourth-order valence-corrected chi connectivity index (χ4v) is 4.63. The van der Waals surface area contributed by atoms with Crippen LogP contribution in [-0.2, 0) is 11.3 Å². The van der Waals surface area contributed by atoms with Crippen molar-refractivity contribution < 1.29 is 19.8 Å². The van der Waals surface area contributed by atoms with Crippen LogP contribution in [0.5, 0.6) is 0 Å². The number of aliphatic carboxylic acids is 1. The van der Waals surface area contributed by atoms with E-state index in [1.54, 1.807) is 18.2 Å². The molecule has 0 amide bonds. The smallest absolute Gasteiger partial charge is 0.335 e. The van der Waals surface area contributed by atoms with Crippen LogP contribution in [0.4, 0.5) is 0 Å².